The molecule has 0 aliphatic carbocycles. The number of ether oxygens (including phenoxy) is 1. The summed E-state index contributed by atoms with van der Waals surface area (Å²) in [6.07, 6.45) is 0.567. The molecular weight excluding hydrogens is 352 g/mol. The summed E-state index contributed by atoms with van der Waals surface area (Å²) in [4.78, 5) is 11.8. The zero-order valence-corrected chi connectivity index (χ0v) is 14.3. The minimum absolute atomic E-state index is 0.0617. The van der Waals surface area contributed by atoms with Gasteiger partial charge in [0.25, 0.3) is 5.91 Å². The third-order valence-corrected chi connectivity index (χ3v) is 4.35. The fraction of sp³-hybridized carbons (Fsp3) is 0.188. The number of nitrogens with two attached hydrogens (primary N) is 1. The van der Waals surface area contributed by atoms with Crippen molar-refractivity contribution in [3.63, 3.8) is 0 Å². The highest BCUT2D eigenvalue weighted by atomic mass is 35.5. The van der Waals surface area contributed by atoms with Crippen LogP contribution in [0.1, 0.15) is 5.56 Å². The predicted molar refractivity (Wildman–Crippen MR) is 91.5 cm³/mol. The van der Waals surface area contributed by atoms with E-state index in [1.807, 2.05) is 0 Å². The summed E-state index contributed by atoms with van der Waals surface area (Å²) >= 11 is 5.76. The lowest BCUT2D eigenvalue weighted by atomic mass is 10.1. The van der Waals surface area contributed by atoms with Gasteiger partial charge < -0.3 is 10.1 Å². The second-order valence-electron chi connectivity index (χ2n) is 5.03. The van der Waals surface area contributed by atoms with Crippen molar-refractivity contribution in [2.45, 2.75) is 11.3 Å². The molecule has 0 bridgehead atoms. The first-order valence-electron chi connectivity index (χ1n) is 7.11. The van der Waals surface area contributed by atoms with Gasteiger partial charge in [-0.05, 0) is 48.4 Å². The van der Waals surface area contributed by atoms with Crippen LogP contribution in [0.3, 0.4) is 0 Å². The second kappa shape index (κ2) is 8.14. The lowest BCUT2D eigenvalue weighted by Gasteiger charge is -2.08. The van der Waals surface area contributed by atoms with Crippen LogP contribution in [-0.4, -0.2) is 27.5 Å². The van der Waals surface area contributed by atoms with E-state index in [2.05, 4.69) is 5.32 Å². The number of benzene rings is 2. The molecular formula is C16H17ClN2O4S. The molecule has 0 fully saturated rings. The number of carbonyl (C=O) groups excluding carboxylic acids is 1. The molecule has 0 saturated heterocycles. The SMILES string of the molecule is NS(=O)(=O)c1ccc(CCNC(=O)COc2ccc(Cl)cc2)cc1. The molecule has 2 aromatic carbocycles. The molecule has 0 unspecified atom stereocenters. The molecule has 1 amide bonds. The molecule has 8 heteroatoms. The minimum atomic E-state index is -3.68. The number of amides is 1. The molecule has 128 valence electrons. The fourth-order valence-corrected chi connectivity index (χ4v) is 2.56. The van der Waals surface area contributed by atoms with Gasteiger partial charge in [-0.3, -0.25) is 4.79 Å². The van der Waals surface area contributed by atoms with Gasteiger partial charge in [0.1, 0.15) is 5.75 Å². The third-order valence-electron chi connectivity index (χ3n) is 3.17. The number of sulfonamides is 1. The maximum atomic E-state index is 11.7. The summed E-state index contributed by atoms with van der Waals surface area (Å²) in [6.45, 7) is 0.323. The Kier molecular flexibility index (Phi) is 6.19. The molecule has 0 aliphatic heterocycles. The Morgan fingerprint density at radius 3 is 2.29 bits per heavy atom. The van der Waals surface area contributed by atoms with Crippen molar-refractivity contribution in [2.24, 2.45) is 5.14 Å². The first kappa shape index (κ1) is 18.3. The third kappa shape index (κ3) is 5.84. The average molecular weight is 369 g/mol. The van der Waals surface area contributed by atoms with E-state index >= 15 is 0 Å². The quantitative estimate of drug-likeness (QED) is 0.777. The minimum Gasteiger partial charge on any atom is -0.484 e. The molecule has 0 aliphatic rings. The largest absolute Gasteiger partial charge is 0.484 e. The van der Waals surface area contributed by atoms with E-state index in [0.717, 1.165) is 5.56 Å². The van der Waals surface area contributed by atoms with E-state index < -0.39 is 10.0 Å². The van der Waals surface area contributed by atoms with Gasteiger partial charge in [0, 0.05) is 11.6 Å². The van der Waals surface area contributed by atoms with E-state index in [0.29, 0.717) is 23.7 Å². The number of nitrogens with one attached hydrogen (secondary N) is 1. The van der Waals surface area contributed by atoms with Crippen molar-refractivity contribution >= 4 is 27.5 Å². The Labute approximate surface area is 145 Å². The van der Waals surface area contributed by atoms with Crippen LogP contribution in [0.5, 0.6) is 5.75 Å². The van der Waals surface area contributed by atoms with Crippen LogP contribution in [0.25, 0.3) is 0 Å². The number of hydrogen-bond donors (Lipinski definition) is 2. The van der Waals surface area contributed by atoms with Crippen molar-refractivity contribution in [2.75, 3.05) is 13.2 Å². The first-order valence-corrected chi connectivity index (χ1v) is 9.04. The Balaban J connectivity index is 1.73. The second-order valence-corrected chi connectivity index (χ2v) is 7.03. The number of carbonyl (C=O) groups is 1. The van der Waals surface area contributed by atoms with Gasteiger partial charge in [-0.15, -0.1) is 0 Å². The van der Waals surface area contributed by atoms with E-state index in [9.17, 15) is 13.2 Å². The Morgan fingerprint density at radius 1 is 1.08 bits per heavy atom. The summed E-state index contributed by atoms with van der Waals surface area (Å²) in [7, 11) is -3.68. The molecule has 0 atom stereocenters. The zero-order chi connectivity index (χ0) is 17.6. The van der Waals surface area contributed by atoms with Crippen molar-refractivity contribution in [3.05, 3.63) is 59.1 Å². The number of hydrogen-bond acceptors (Lipinski definition) is 4. The molecule has 24 heavy (non-hydrogen) atoms. The van der Waals surface area contributed by atoms with Gasteiger partial charge >= 0.3 is 0 Å². The molecule has 0 aromatic heterocycles. The van der Waals surface area contributed by atoms with Crippen LogP contribution in [-0.2, 0) is 21.2 Å². The van der Waals surface area contributed by atoms with Gasteiger partial charge in [0.2, 0.25) is 10.0 Å². The summed E-state index contributed by atoms with van der Waals surface area (Å²) in [5, 5.41) is 8.35. The highest BCUT2D eigenvalue weighted by Gasteiger charge is 2.07. The van der Waals surface area contributed by atoms with Crippen molar-refractivity contribution < 1.29 is 17.9 Å². The molecule has 0 spiro atoms. The fourth-order valence-electron chi connectivity index (χ4n) is 1.92. The zero-order valence-electron chi connectivity index (χ0n) is 12.7. The van der Waals surface area contributed by atoms with Crippen molar-refractivity contribution in [1.82, 2.24) is 5.32 Å². The molecule has 2 rings (SSSR count). The summed E-state index contributed by atoms with van der Waals surface area (Å²) < 4.78 is 27.6. The summed E-state index contributed by atoms with van der Waals surface area (Å²) in [6, 6.07) is 12.9. The Morgan fingerprint density at radius 2 is 1.71 bits per heavy atom. The Bertz CT molecular complexity index is 790. The van der Waals surface area contributed by atoms with Crippen molar-refractivity contribution in [3.8, 4) is 5.75 Å². The van der Waals surface area contributed by atoms with Crippen molar-refractivity contribution in [1.29, 1.82) is 0 Å². The predicted octanol–water partition coefficient (Wildman–Crippen LogP) is 1.73. The standard InChI is InChI=1S/C16H17ClN2O4S/c17-13-3-5-14(6-4-13)23-11-16(20)19-10-9-12-1-7-15(8-2-12)24(18,21)22/h1-8H,9-11H2,(H,19,20)(H2,18,21,22). The number of primary sulfonamides is 1. The van der Waals surface area contributed by atoms with Gasteiger partial charge in [-0.2, -0.15) is 0 Å². The highest BCUT2D eigenvalue weighted by molar-refractivity contribution is 7.89. The van der Waals surface area contributed by atoms with Crippen LogP contribution in [0.15, 0.2) is 53.4 Å². The number of rotatable bonds is 7. The monoisotopic (exact) mass is 368 g/mol. The van der Waals surface area contributed by atoms with Gasteiger partial charge in [-0.1, -0.05) is 23.7 Å². The van der Waals surface area contributed by atoms with E-state index in [1.54, 1.807) is 36.4 Å². The molecule has 0 heterocycles. The van der Waals surface area contributed by atoms with E-state index in [-0.39, 0.29) is 17.4 Å². The molecule has 6 nitrogen and oxygen atoms in total. The van der Waals surface area contributed by atoms with Crippen LogP contribution in [0, 0.1) is 0 Å². The average Bonchev–Trinajstić information content (AvgIpc) is 2.54. The van der Waals surface area contributed by atoms with E-state index in [1.165, 1.54) is 12.1 Å². The van der Waals surface area contributed by atoms with E-state index in [4.69, 9.17) is 21.5 Å². The van der Waals surface area contributed by atoms with Gasteiger partial charge in [-0.25, -0.2) is 13.6 Å². The van der Waals surface area contributed by atoms with Gasteiger partial charge in [0.15, 0.2) is 6.61 Å². The smallest absolute Gasteiger partial charge is 0.257 e. The highest BCUT2D eigenvalue weighted by Crippen LogP contribution is 2.15. The molecule has 0 saturated carbocycles. The first-order chi connectivity index (χ1) is 11.3. The van der Waals surface area contributed by atoms with Crippen LogP contribution in [0.4, 0.5) is 0 Å². The van der Waals surface area contributed by atoms with Crippen LogP contribution in [0.2, 0.25) is 5.02 Å². The number of halogens is 1. The summed E-state index contributed by atoms with van der Waals surface area (Å²) in [5.74, 6) is 0.319. The van der Waals surface area contributed by atoms with Crippen LogP contribution < -0.4 is 15.2 Å². The maximum absolute atomic E-state index is 11.7. The summed E-state index contributed by atoms with van der Waals surface area (Å²) in [5.41, 5.74) is 0.890. The molecule has 0 radical (unpaired) electrons. The maximum Gasteiger partial charge on any atom is 0.257 e. The normalized spacial score (nSPS) is 11.1. The van der Waals surface area contributed by atoms with Gasteiger partial charge in [0.05, 0.1) is 4.90 Å². The lowest BCUT2D eigenvalue weighted by Crippen LogP contribution is -2.30. The topological polar surface area (TPSA) is 98.5 Å². The van der Waals surface area contributed by atoms with Crippen LogP contribution >= 0.6 is 11.6 Å². The molecule has 3 N–H and O–H groups in total. The Hall–Kier alpha value is -2.09. The molecule has 2 aromatic rings. The lowest BCUT2D eigenvalue weighted by molar-refractivity contribution is -0.123.